The van der Waals surface area contributed by atoms with Crippen molar-refractivity contribution in [3.8, 4) is 0 Å². The van der Waals surface area contributed by atoms with Gasteiger partial charge in [-0.05, 0) is 18.2 Å². The van der Waals surface area contributed by atoms with Crippen molar-refractivity contribution in [3.63, 3.8) is 0 Å². The van der Waals surface area contributed by atoms with Gasteiger partial charge in [0, 0.05) is 24.5 Å². The van der Waals surface area contributed by atoms with E-state index in [1.807, 2.05) is 6.07 Å². The number of hydrogen-bond donors (Lipinski definition) is 0. The molecular weight excluding hydrogens is 392 g/mol. The van der Waals surface area contributed by atoms with Crippen LogP contribution in [0.25, 0.3) is 10.9 Å². The van der Waals surface area contributed by atoms with Gasteiger partial charge in [0.05, 0.1) is 18.2 Å². The molecule has 0 atom stereocenters. The lowest BCUT2D eigenvalue weighted by Gasteiger charge is -2.15. The molecule has 6 nitrogen and oxygen atoms in total. The second-order valence-electron chi connectivity index (χ2n) is 6.69. The van der Waals surface area contributed by atoms with Gasteiger partial charge in [-0.2, -0.15) is 5.10 Å². The maximum absolute atomic E-state index is 12.0. The van der Waals surface area contributed by atoms with Crippen molar-refractivity contribution in [2.45, 2.75) is 32.4 Å². The third-order valence-electron chi connectivity index (χ3n) is 3.57. The van der Waals surface area contributed by atoms with Gasteiger partial charge in [0.2, 0.25) is 0 Å². The Morgan fingerprint density at radius 1 is 1.38 bits per heavy atom. The van der Waals surface area contributed by atoms with Gasteiger partial charge in [-0.1, -0.05) is 35.6 Å². The molecule has 130 valence electrons. The first-order chi connectivity index (χ1) is 11.3. The Bertz CT molecular complexity index is 768. The van der Waals surface area contributed by atoms with Gasteiger partial charge >= 0.3 is 5.97 Å². The van der Waals surface area contributed by atoms with Crippen molar-refractivity contribution in [1.82, 2.24) is 9.78 Å². The van der Waals surface area contributed by atoms with Crippen molar-refractivity contribution in [1.29, 1.82) is 0 Å². The predicted molar refractivity (Wildman–Crippen MR) is 98.3 cm³/mol. The zero-order valence-electron chi connectivity index (χ0n) is 14.3. The van der Waals surface area contributed by atoms with Crippen molar-refractivity contribution in [2.24, 2.45) is 0 Å². The summed E-state index contributed by atoms with van der Waals surface area (Å²) in [4.78, 5) is 23.4. The van der Waals surface area contributed by atoms with E-state index in [9.17, 15) is 9.59 Å². The molecule has 0 saturated carbocycles. The standard InChI is InChI=1S/C16H21BrN2O4Si/c1-22-16(21)12-7-11(17)8-14-15(12)13(9-20)18-19(14)10-23-5-6-24(2,3)4/h7-9H,5-6,10H2,1-4H3. The number of benzene rings is 1. The van der Waals surface area contributed by atoms with Crippen LogP contribution in [-0.2, 0) is 16.2 Å². The van der Waals surface area contributed by atoms with Gasteiger partial charge in [-0.25, -0.2) is 9.48 Å². The Labute approximate surface area is 150 Å². The predicted octanol–water partition coefficient (Wildman–Crippen LogP) is 3.71. The fourth-order valence-electron chi connectivity index (χ4n) is 2.28. The highest BCUT2D eigenvalue weighted by Gasteiger charge is 2.20. The summed E-state index contributed by atoms with van der Waals surface area (Å²) in [6.07, 6.45) is 0.640. The SMILES string of the molecule is COC(=O)c1cc(Br)cc2c1c(C=O)nn2COCC[Si](C)(C)C. The number of carbonyl (C=O) groups excluding carboxylic acids is 2. The van der Waals surface area contributed by atoms with Crippen LogP contribution in [0.3, 0.4) is 0 Å². The van der Waals surface area contributed by atoms with E-state index in [0.717, 1.165) is 6.04 Å². The zero-order valence-corrected chi connectivity index (χ0v) is 16.8. The smallest absolute Gasteiger partial charge is 0.338 e. The number of hydrogen-bond acceptors (Lipinski definition) is 5. The van der Waals surface area contributed by atoms with Gasteiger partial charge in [-0.15, -0.1) is 0 Å². The van der Waals surface area contributed by atoms with Crippen LogP contribution in [0.4, 0.5) is 0 Å². The van der Waals surface area contributed by atoms with Gasteiger partial charge < -0.3 is 9.47 Å². The molecule has 1 aromatic heterocycles. The number of fused-ring (bicyclic) bond motifs is 1. The van der Waals surface area contributed by atoms with E-state index in [0.29, 0.717) is 33.8 Å². The summed E-state index contributed by atoms with van der Waals surface area (Å²) >= 11 is 3.38. The molecule has 0 spiro atoms. The average molecular weight is 413 g/mol. The van der Waals surface area contributed by atoms with E-state index in [1.165, 1.54) is 7.11 Å². The normalized spacial score (nSPS) is 11.7. The summed E-state index contributed by atoms with van der Waals surface area (Å²) in [5.41, 5.74) is 1.16. The lowest BCUT2D eigenvalue weighted by atomic mass is 10.1. The van der Waals surface area contributed by atoms with Crippen LogP contribution in [0, 0.1) is 0 Å². The molecule has 0 bridgehead atoms. The molecule has 0 aliphatic heterocycles. The Morgan fingerprint density at radius 3 is 2.67 bits per heavy atom. The van der Waals surface area contributed by atoms with Gasteiger partial charge in [-0.3, -0.25) is 4.79 Å². The second-order valence-corrected chi connectivity index (χ2v) is 13.2. The number of rotatable bonds is 7. The lowest BCUT2D eigenvalue weighted by molar-refractivity contribution is 0.0602. The minimum Gasteiger partial charge on any atom is -0.465 e. The Kier molecular flexibility index (Phi) is 5.95. The lowest BCUT2D eigenvalue weighted by Crippen LogP contribution is -2.22. The quantitative estimate of drug-likeness (QED) is 0.300. The van der Waals surface area contributed by atoms with Crippen LogP contribution < -0.4 is 0 Å². The maximum atomic E-state index is 12.0. The molecule has 1 aromatic carbocycles. The van der Waals surface area contributed by atoms with Crippen LogP contribution in [-0.4, -0.2) is 43.8 Å². The molecule has 0 N–H and O–H groups in total. The van der Waals surface area contributed by atoms with Crippen molar-refractivity contribution >= 4 is 47.2 Å². The van der Waals surface area contributed by atoms with Crippen LogP contribution in [0.1, 0.15) is 20.8 Å². The summed E-state index contributed by atoms with van der Waals surface area (Å²) < 4.78 is 12.8. The largest absolute Gasteiger partial charge is 0.465 e. The fraction of sp³-hybridized carbons (Fsp3) is 0.438. The Balaban J connectivity index is 2.36. The number of aromatic nitrogens is 2. The van der Waals surface area contributed by atoms with Crippen molar-refractivity contribution < 1.29 is 19.1 Å². The molecule has 0 fully saturated rings. The van der Waals surface area contributed by atoms with E-state index >= 15 is 0 Å². The van der Waals surface area contributed by atoms with Crippen LogP contribution in [0.15, 0.2) is 16.6 Å². The first kappa shape index (κ1) is 18.8. The zero-order chi connectivity index (χ0) is 17.9. The summed E-state index contributed by atoms with van der Waals surface area (Å²) in [7, 11) is 0.137. The third kappa shape index (κ3) is 4.31. The van der Waals surface area contributed by atoms with E-state index in [2.05, 4.69) is 40.7 Å². The minimum absolute atomic E-state index is 0.201. The van der Waals surface area contributed by atoms with Crippen LogP contribution >= 0.6 is 15.9 Å². The molecular formula is C16H21BrN2O4Si. The molecule has 0 saturated heterocycles. The second kappa shape index (κ2) is 7.58. The topological polar surface area (TPSA) is 70.4 Å². The number of methoxy groups -OCH3 is 1. The van der Waals surface area contributed by atoms with E-state index in [1.54, 1.807) is 10.7 Å². The highest BCUT2D eigenvalue weighted by atomic mass is 79.9. The van der Waals surface area contributed by atoms with E-state index in [-0.39, 0.29) is 12.4 Å². The molecule has 8 heteroatoms. The Morgan fingerprint density at radius 2 is 2.08 bits per heavy atom. The number of nitrogens with zero attached hydrogens (tertiary/aromatic N) is 2. The first-order valence-corrected chi connectivity index (χ1v) is 12.1. The van der Waals surface area contributed by atoms with Crippen LogP contribution in [0.2, 0.25) is 25.7 Å². The highest BCUT2D eigenvalue weighted by Crippen LogP contribution is 2.27. The van der Waals surface area contributed by atoms with Gasteiger partial charge in [0.1, 0.15) is 12.4 Å². The minimum atomic E-state index is -1.17. The van der Waals surface area contributed by atoms with Crippen LogP contribution in [0.5, 0.6) is 0 Å². The summed E-state index contributed by atoms with van der Waals surface area (Å²) in [6, 6.07) is 4.48. The molecule has 0 unspecified atom stereocenters. The monoisotopic (exact) mass is 412 g/mol. The molecule has 0 amide bonds. The number of esters is 1. The van der Waals surface area contributed by atoms with Crippen molar-refractivity contribution in [3.05, 3.63) is 27.9 Å². The number of aldehydes is 1. The summed E-state index contributed by atoms with van der Waals surface area (Å²) in [5.74, 6) is -0.511. The molecule has 2 aromatic rings. The first-order valence-electron chi connectivity index (χ1n) is 7.58. The molecule has 0 aliphatic rings. The molecule has 24 heavy (non-hydrogen) atoms. The maximum Gasteiger partial charge on any atom is 0.338 e. The van der Waals surface area contributed by atoms with E-state index in [4.69, 9.17) is 9.47 Å². The average Bonchev–Trinajstić information content (AvgIpc) is 2.86. The summed E-state index contributed by atoms with van der Waals surface area (Å²) in [6.45, 7) is 7.72. The van der Waals surface area contributed by atoms with Gasteiger partial charge in [0.25, 0.3) is 0 Å². The Hall–Kier alpha value is -1.51. The molecule has 0 aliphatic carbocycles. The number of ether oxygens (including phenoxy) is 2. The third-order valence-corrected chi connectivity index (χ3v) is 5.73. The number of carbonyl (C=O) groups is 2. The van der Waals surface area contributed by atoms with Gasteiger partial charge in [0.15, 0.2) is 6.29 Å². The molecule has 0 radical (unpaired) electrons. The van der Waals surface area contributed by atoms with E-state index < -0.39 is 14.0 Å². The van der Waals surface area contributed by atoms with Crippen molar-refractivity contribution in [2.75, 3.05) is 13.7 Å². The molecule has 2 rings (SSSR count). The highest BCUT2D eigenvalue weighted by molar-refractivity contribution is 9.10. The molecule has 1 heterocycles. The summed E-state index contributed by atoms with van der Waals surface area (Å²) in [5, 5.41) is 4.75. The fourth-order valence-corrected chi connectivity index (χ4v) is 3.48. The number of halogens is 1.